The van der Waals surface area contributed by atoms with Gasteiger partial charge in [0.25, 0.3) is 0 Å². The third-order valence-electron chi connectivity index (χ3n) is 5.86. The smallest absolute Gasteiger partial charge is 0.243 e. The van der Waals surface area contributed by atoms with Gasteiger partial charge in [-0.1, -0.05) is 0 Å². The van der Waals surface area contributed by atoms with E-state index in [9.17, 15) is 13.2 Å². The van der Waals surface area contributed by atoms with E-state index in [4.69, 9.17) is 18.9 Å². The molecule has 1 amide bonds. The molecule has 0 aliphatic carbocycles. The molecule has 1 fully saturated rings. The van der Waals surface area contributed by atoms with E-state index >= 15 is 0 Å². The first-order valence-corrected chi connectivity index (χ1v) is 12.2. The van der Waals surface area contributed by atoms with Gasteiger partial charge in [-0.05, 0) is 31.2 Å². The SMILES string of the molecule is COc1ccc(OC)c(NC(=O)C(C)N2CCN(S(=O)(=O)c3ccc(OC)c(OC)c3)CC2)c1. The molecular formula is C23H31N3O7S. The largest absolute Gasteiger partial charge is 0.497 e. The Hall–Kier alpha value is -3.02. The predicted octanol–water partition coefficient (Wildman–Crippen LogP) is 2.05. The summed E-state index contributed by atoms with van der Waals surface area (Å²) in [6, 6.07) is 9.21. The van der Waals surface area contributed by atoms with Crippen LogP contribution >= 0.6 is 0 Å². The summed E-state index contributed by atoms with van der Waals surface area (Å²) >= 11 is 0. The van der Waals surface area contributed by atoms with Gasteiger partial charge in [-0.15, -0.1) is 0 Å². The lowest BCUT2D eigenvalue weighted by Gasteiger charge is -2.36. The van der Waals surface area contributed by atoms with Gasteiger partial charge in [0.05, 0.1) is 45.1 Å². The van der Waals surface area contributed by atoms with Gasteiger partial charge in [-0.3, -0.25) is 9.69 Å². The zero-order valence-electron chi connectivity index (χ0n) is 20.0. The van der Waals surface area contributed by atoms with Gasteiger partial charge in [-0.2, -0.15) is 4.31 Å². The van der Waals surface area contributed by atoms with Gasteiger partial charge in [0.1, 0.15) is 11.5 Å². The number of methoxy groups -OCH3 is 4. The lowest BCUT2D eigenvalue weighted by molar-refractivity contribution is -0.121. The molecule has 1 heterocycles. The van der Waals surface area contributed by atoms with Crippen molar-refractivity contribution in [3.63, 3.8) is 0 Å². The normalized spacial score (nSPS) is 15.9. The molecular weight excluding hydrogens is 462 g/mol. The molecule has 1 aliphatic heterocycles. The van der Waals surface area contributed by atoms with Crippen molar-refractivity contribution in [1.29, 1.82) is 0 Å². The van der Waals surface area contributed by atoms with Crippen LogP contribution in [-0.2, 0) is 14.8 Å². The summed E-state index contributed by atoms with van der Waals surface area (Å²) in [5, 5.41) is 2.88. The first-order chi connectivity index (χ1) is 16.2. The van der Waals surface area contributed by atoms with E-state index < -0.39 is 16.1 Å². The summed E-state index contributed by atoms with van der Waals surface area (Å²) in [6.07, 6.45) is 0. The Morgan fingerprint density at radius 2 is 1.47 bits per heavy atom. The van der Waals surface area contributed by atoms with Crippen molar-refractivity contribution in [3.05, 3.63) is 36.4 Å². The van der Waals surface area contributed by atoms with Crippen LogP contribution in [0.15, 0.2) is 41.3 Å². The summed E-state index contributed by atoms with van der Waals surface area (Å²) in [6.45, 7) is 3.14. The number of nitrogens with one attached hydrogen (secondary N) is 1. The van der Waals surface area contributed by atoms with Crippen molar-refractivity contribution in [2.24, 2.45) is 0 Å². The van der Waals surface area contributed by atoms with Crippen molar-refractivity contribution in [3.8, 4) is 23.0 Å². The minimum Gasteiger partial charge on any atom is -0.497 e. The molecule has 186 valence electrons. The topological polar surface area (TPSA) is 107 Å². The summed E-state index contributed by atoms with van der Waals surface area (Å²) in [5.74, 6) is 1.70. The maximum Gasteiger partial charge on any atom is 0.243 e. The average Bonchev–Trinajstić information content (AvgIpc) is 2.87. The molecule has 1 aliphatic rings. The second-order valence-electron chi connectivity index (χ2n) is 7.69. The molecule has 0 radical (unpaired) electrons. The van der Waals surface area contributed by atoms with Gasteiger partial charge in [0.2, 0.25) is 15.9 Å². The number of sulfonamides is 1. The van der Waals surface area contributed by atoms with Crippen LogP contribution in [0.3, 0.4) is 0 Å². The second-order valence-corrected chi connectivity index (χ2v) is 9.63. The van der Waals surface area contributed by atoms with E-state index in [0.717, 1.165) is 0 Å². The Morgan fingerprint density at radius 1 is 0.853 bits per heavy atom. The molecule has 0 bridgehead atoms. The standard InChI is InChI=1S/C23H31N3O7S/c1-16(23(27)24-19-14-17(30-2)6-8-20(19)31-3)25-10-12-26(13-11-25)34(28,29)18-7-9-21(32-4)22(15-18)33-5/h6-9,14-16H,10-13H2,1-5H3,(H,24,27). The zero-order valence-corrected chi connectivity index (χ0v) is 20.8. The van der Waals surface area contributed by atoms with E-state index in [1.807, 2.05) is 4.90 Å². The average molecular weight is 494 g/mol. The molecule has 2 aromatic carbocycles. The fourth-order valence-corrected chi connectivity index (χ4v) is 5.21. The Kier molecular flexibility index (Phi) is 8.24. The molecule has 1 unspecified atom stereocenters. The summed E-state index contributed by atoms with van der Waals surface area (Å²) in [4.78, 5) is 15.0. The minimum atomic E-state index is -3.71. The molecule has 1 saturated heterocycles. The third-order valence-corrected chi connectivity index (χ3v) is 7.75. The third kappa shape index (κ3) is 5.37. The van der Waals surface area contributed by atoms with Crippen LogP contribution in [-0.4, -0.2) is 84.2 Å². The molecule has 11 heteroatoms. The van der Waals surface area contributed by atoms with Gasteiger partial charge in [0, 0.05) is 38.3 Å². The number of ether oxygens (including phenoxy) is 4. The molecule has 1 N–H and O–H groups in total. The number of amides is 1. The lowest BCUT2D eigenvalue weighted by Crippen LogP contribution is -2.53. The van der Waals surface area contributed by atoms with Crippen molar-refractivity contribution in [2.45, 2.75) is 17.9 Å². The molecule has 1 atom stereocenters. The quantitative estimate of drug-likeness (QED) is 0.566. The van der Waals surface area contributed by atoms with E-state index in [0.29, 0.717) is 41.8 Å². The first-order valence-electron chi connectivity index (χ1n) is 10.7. The molecule has 3 rings (SSSR count). The Bertz CT molecular complexity index is 1120. The Morgan fingerprint density at radius 3 is 2.06 bits per heavy atom. The second kappa shape index (κ2) is 10.9. The van der Waals surface area contributed by atoms with Crippen LogP contribution in [0.5, 0.6) is 23.0 Å². The van der Waals surface area contributed by atoms with Crippen LogP contribution in [0.2, 0.25) is 0 Å². The highest BCUT2D eigenvalue weighted by atomic mass is 32.2. The van der Waals surface area contributed by atoms with Gasteiger partial charge in [-0.25, -0.2) is 8.42 Å². The number of rotatable bonds is 9. The fourth-order valence-electron chi connectivity index (χ4n) is 3.77. The highest BCUT2D eigenvalue weighted by Gasteiger charge is 2.32. The monoisotopic (exact) mass is 493 g/mol. The summed E-state index contributed by atoms with van der Waals surface area (Å²) in [7, 11) is 2.31. The lowest BCUT2D eigenvalue weighted by atomic mass is 10.2. The van der Waals surface area contributed by atoms with Crippen LogP contribution < -0.4 is 24.3 Å². The van der Waals surface area contributed by atoms with Gasteiger partial charge < -0.3 is 24.3 Å². The van der Waals surface area contributed by atoms with Crippen molar-refractivity contribution in [2.75, 3.05) is 59.9 Å². The number of carbonyl (C=O) groups is 1. The van der Waals surface area contributed by atoms with E-state index in [2.05, 4.69) is 5.32 Å². The Balaban J connectivity index is 1.65. The van der Waals surface area contributed by atoms with Gasteiger partial charge in [0.15, 0.2) is 11.5 Å². The van der Waals surface area contributed by atoms with Crippen molar-refractivity contribution in [1.82, 2.24) is 9.21 Å². The van der Waals surface area contributed by atoms with Crippen LogP contribution in [0.4, 0.5) is 5.69 Å². The highest BCUT2D eigenvalue weighted by Crippen LogP contribution is 2.31. The van der Waals surface area contributed by atoms with E-state index in [-0.39, 0.29) is 23.9 Å². The van der Waals surface area contributed by atoms with Crippen LogP contribution in [0.25, 0.3) is 0 Å². The number of nitrogens with zero attached hydrogens (tertiary/aromatic N) is 2. The number of anilines is 1. The molecule has 0 aromatic heterocycles. The van der Waals surface area contributed by atoms with Crippen LogP contribution in [0.1, 0.15) is 6.92 Å². The van der Waals surface area contributed by atoms with Crippen molar-refractivity contribution < 1.29 is 32.2 Å². The fraction of sp³-hybridized carbons (Fsp3) is 0.435. The maximum absolute atomic E-state index is 13.1. The number of carbonyl (C=O) groups excluding carboxylic acids is 1. The van der Waals surface area contributed by atoms with Crippen molar-refractivity contribution >= 4 is 21.6 Å². The summed E-state index contributed by atoms with van der Waals surface area (Å²) in [5.41, 5.74) is 0.508. The maximum atomic E-state index is 13.1. The Labute approximate surface area is 200 Å². The molecule has 0 spiro atoms. The number of hydrogen-bond acceptors (Lipinski definition) is 8. The number of piperazine rings is 1. The predicted molar refractivity (Wildman–Crippen MR) is 128 cm³/mol. The van der Waals surface area contributed by atoms with E-state index in [1.54, 1.807) is 38.3 Å². The molecule has 34 heavy (non-hydrogen) atoms. The zero-order chi connectivity index (χ0) is 24.9. The summed E-state index contributed by atoms with van der Waals surface area (Å²) < 4.78 is 48.7. The molecule has 10 nitrogen and oxygen atoms in total. The number of benzene rings is 2. The minimum absolute atomic E-state index is 0.134. The van der Waals surface area contributed by atoms with E-state index in [1.165, 1.54) is 37.8 Å². The molecule has 0 saturated carbocycles. The van der Waals surface area contributed by atoms with Gasteiger partial charge >= 0.3 is 0 Å². The highest BCUT2D eigenvalue weighted by molar-refractivity contribution is 7.89. The first kappa shape index (κ1) is 25.6. The molecule has 2 aromatic rings. The number of hydrogen-bond donors (Lipinski definition) is 1. The van der Waals surface area contributed by atoms with Crippen LogP contribution in [0, 0.1) is 0 Å².